The molecule has 0 atom stereocenters. The van der Waals surface area contributed by atoms with Gasteiger partial charge in [-0.05, 0) is 55.9 Å². The predicted octanol–water partition coefficient (Wildman–Crippen LogP) is 2.64. The molecule has 2 aromatic rings. The van der Waals surface area contributed by atoms with Crippen LogP contribution in [0.4, 0.5) is 0 Å². The molecule has 5 nitrogen and oxygen atoms in total. The van der Waals surface area contributed by atoms with Crippen molar-refractivity contribution in [1.29, 1.82) is 0 Å². The molecular formula is C19H25N3O2. The summed E-state index contributed by atoms with van der Waals surface area (Å²) in [5.41, 5.74) is 4.41. The summed E-state index contributed by atoms with van der Waals surface area (Å²) < 4.78 is 0. The number of likely N-dealkylation sites (N-methyl/N-ethyl adjacent to an activating group) is 1. The molecule has 24 heavy (non-hydrogen) atoms. The third kappa shape index (κ3) is 3.30. The Bertz CT molecular complexity index is 763. The predicted molar refractivity (Wildman–Crippen MR) is 95.2 cm³/mol. The van der Waals surface area contributed by atoms with Crippen LogP contribution in [0.5, 0.6) is 0 Å². The third-order valence-corrected chi connectivity index (χ3v) is 4.64. The van der Waals surface area contributed by atoms with Gasteiger partial charge in [-0.25, -0.2) is 0 Å². The van der Waals surface area contributed by atoms with Crippen LogP contribution in [-0.4, -0.2) is 41.8 Å². The molecule has 0 fully saturated rings. The Morgan fingerprint density at radius 1 is 1.25 bits per heavy atom. The van der Waals surface area contributed by atoms with Gasteiger partial charge in [-0.2, -0.15) is 0 Å². The van der Waals surface area contributed by atoms with Crippen molar-refractivity contribution in [3.8, 4) is 0 Å². The smallest absolute Gasteiger partial charge is 0.254 e. The van der Waals surface area contributed by atoms with Crippen LogP contribution in [0.15, 0.2) is 18.2 Å². The Morgan fingerprint density at radius 2 is 2.04 bits per heavy atom. The molecule has 5 heteroatoms. The SMILES string of the molecule is CCCNC(=O)CN(C)C(=O)c1ccc2[nH]c3c(c2c1)CCCC3. The maximum absolute atomic E-state index is 12.6. The minimum absolute atomic E-state index is 0.0854. The number of hydrogen-bond acceptors (Lipinski definition) is 2. The molecule has 1 aromatic heterocycles. The summed E-state index contributed by atoms with van der Waals surface area (Å²) in [5.74, 6) is -0.234. The van der Waals surface area contributed by atoms with E-state index in [1.807, 2.05) is 25.1 Å². The molecule has 3 rings (SSSR count). The lowest BCUT2D eigenvalue weighted by molar-refractivity contribution is -0.121. The molecule has 1 aliphatic rings. The van der Waals surface area contributed by atoms with Gasteiger partial charge >= 0.3 is 0 Å². The largest absolute Gasteiger partial charge is 0.358 e. The second-order valence-electron chi connectivity index (χ2n) is 6.56. The quantitative estimate of drug-likeness (QED) is 0.886. The zero-order valence-corrected chi connectivity index (χ0v) is 14.4. The van der Waals surface area contributed by atoms with Gasteiger partial charge in [-0.1, -0.05) is 6.92 Å². The number of hydrogen-bond donors (Lipinski definition) is 2. The average Bonchev–Trinajstić information content (AvgIpc) is 2.97. The van der Waals surface area contributed by atoms with E-state index < -0.39 is 0 Å². The highest BCUT2D eigenvalue weighted by Crippen LogP contribution is 2.29. The van der Waals surface area contributed by atoms with Gasteiger partial charge in [0.1, 0.15) is 0 Å². The first kappa shape index (κ1) is 16.6. The fraction of sp³-hybridized carbons (Fsp3) is 0.474. The number of H-pyrrole nitrogens is 1. The molecule has 128 valence electrons. The minimum atomic E-state index is -0.118. The number of benzene rings is 1. The van der Waals surface area contributed by atoms with Crippen molar-refractivity contribution in [1.82, 2.24) is 15.2 Å². The van der Waals surface area contributed by atoms with Gasteiger partial charge in [0, 0.05) is 35.8 Å². The Hall–Kier alpha value is -2.30. The van der Waals surface area contributed by atoms with E-state index >= 15 is 0 Å². The first-order chi connectivity index (χ1) is 11.6. The van der Waals surface area contributed by atoms with Gasteiger partial charge in [0.2, 0.25) is 5.91 Å². The lowest BCUT2D eigenvalue weighted by atomic mass is 9.95. The second-order valence-corrected chi connectivity index (χ2v) is 6.56. The molecule has 0 spiro atoms. The van der Waals surface area contributed by atoms with Crippen molar-refractivity contribution in [2.75, 3.05) is 20.1 Å². The second kappa shape index (κ2) is 7.07. The molecule has 1 aliphatic carbocycles. The Labute approximate surface area is 142 Å². The van der Waals surface area contributed by atoms with E-state index in [0.29, 0.717) is 12.1 Å². The molecule has 1 heterocycles. The maximum Gasteiger partial charge on any atom is 0.254 e. The number of amides is 2. The van der Waals surface area contributed by atoms with Gasteiger partial charge in [0.15, 0.2) is 0 Å². The lowest BCUT2D eigenvalue weighted by Crippen LogP contribution is -2.38. The summed E-state index contributed by atoms with van der Waals surface area (Å²) in [4.78, 5) is 29.4. The van der Waals surface area contributed by atoms with Crippen molar-refractivity contribution < 1.29 is 9.59 Å². The van der Waals surface area contributed by atoms with Crippen LogP contribution in [0.2, 0.25) is 0 Å². The monoisotopic (exact) mass is 327 g/mol. The van der Waals surface area contributed by atoms with Gasteiger partial charge in [-0.3, -0.25) is 9.59 Å². The fourth-order valence-corrected chi connectivity index (χ4v) is 3.37. The molecule has 2 amide bonds. The van der Waals surface area contributed by atoms with Gasteiger partial charge in [0.05, 0.1) is 6.54 Å². The zero-order valence-electron chi connectivity index (χ0n) is 14.4. The number of aromatic nitrogens is 1. The fourth-order valence-electron chi connectivity index (χ4n) is 3.37. The molecule has 0 saturated heterocycles. The number of aromatic amines is 1. The van der Waals surface area contributed by atoms with Crippen molar-refractivity contribution >= 4 is 22.7 Å². The number of rotatable bonds is 5. The van der Waals surface area contributed by atoms with E-state index in [2.05, 4.69) is 10.3 Å². The molecule has 1 aromatic carbocycles. The number of carbonyl (C=O) groups is 2. The van der Waals surface area contributed by atoms with E-state index in [1.54, 1.807) is 7.05 Å². The molecule has 0 unspecified atom stereocenters. The van der Waals surface area contributed by atoms with Crippen molar-refractivity contribution in [3.63, 3.8) is 0 Å². The summed E-state index contributed by atoms with van der Waals surface area (Å²) in [6.45, 7) is 2.73. The van der Waals surface area contributed by atoms with Crippen LogP contribution in [0, 0.1) is 0 Å². The van der Waals surface area contributed by atoms with E-state index in [1.165, 1.54) is 29.0 Å². The van der Waals surface area contributed by atoms with Crippen molar-refractivity contribution in [2.45, 2.75) is 39.0 Å². The standard InChI is InChI=1S/C19H25N3O2/c1-3-10-20-18(23)12-22(2)19(24)13-8-9-17-15(11-13)14-6-4-5-7-16(14)21-17/h8-9,11,21H,3-7,10,12H2,1-2H3,(H,20,23). The molecule has 0 bridgehead atoms. The summed E-state index contributed by atoms with van der Waals surface area (Å²) >= 11 is 0. The van der Waals surface area contributed by atoms with Crippen LogP contribution >= 0.6 is 0 Å². The third-order valence-electron chi connectivity index (χ3n) is 4.64. The molecule has 0 aliphatic heterocycles. The Morgan fingerprint density at radius 3 is 2.83 bits per heavy atom. The highest BCUT2D eigenvalue weighted by atomic mass is 16.2. The molecule has 0 radical (unpaired) electrons. The van der Waals surface area contributed by atoms with Crippen LogP contribution < -0.4 is 5.32 Å². The van der Waals surface area contributed by atoms with E-state index in [4.69, 9.17) is 0 Å². The summed E-state index contributed by atoms with van der Waals surface area (Å²) in [6.07, 6.45) is 5.47. The molecule has 2 N–H and O–H groups in total. The number of nitrogens with one attached hydrogen (secondary N) is 2. The number of nitrogens with zero attached hydrogens (tertiary/aromatic N) is 1. The zero-order chi connectivity index (χ0) is 17.1. The Kier molecular flexibility index (Phi) is 4.88. The molecular weight excluding hydrogens is 302 g/mol. The van der Waals surface area contributed by atoms with E-state index in [0.717, 1.165) is 30.2 Å². The average molecular weight is 327 g/mol. The first-order valence-corrected chi connectivity index (χ1v) is 8.75. The minimum Gasteiger partial charge on any atom is -0.358 e. The normalized spacial score (nSPS) is 13.6. The number of fused-ring (bicyclic) bond motifs is 3. The van der Waals surface area contributed by atoms with Gasteiger partial charge in [-0.15, -0.1) is 0 Å². The van der Waals surface area contributed by atoms with Gasteiger partial charge < -0.3 is 15.2 Å². The van der Waals surface area contributed by atoms with Crippen LogP contribution in [-0.2, 0) is 17.6 Å². The Balaban J connectivity index is 1.78. The number of carbonyl (C=O) groups excluding carboxylic acids is 2. The van der Waals surface area contributed by atoms with Crippen molar-refractivity contribution in [3.05, 3.63) is 35.0 Å². The van der Waals surface area contributed by atoms with Crippen LogP contribution in [0.3, 0.4) is 0 Å². The summed E-state index contributed by atoms with van der Waals surface area (Å²) in [7, 11) is 1.67. The van der Waals surface area contributed by atoms with Crippen LogP contribution in [0.25, 0.3) is 10.9 Å². The molecule has 0 saturated carbocycles. The van der Waals surface area contributed by atoms with E-state index in [9.17, 15) is 9.59 Å². The number of aryl methyl sites for hydroxylation is 2. The van der Waals surface area contributed by atoms with Crippen molar-refractivity contribution in [2.24, 2.45) is 0 Å². The van der Waals surface area contributed by atoms with E-state index in [-0.39, 0.29) is 18.4 Å². The highest BCUT2D eigenvalue weighted by molar-refractivity contribution is 6.00. The van der Waals surface area contributed by atoms with Gasteiger partial charge in [0.25, 0.3) is 5.91 Å². The maximum atomic E-state index is 12.6. The first-order valence-electron chi connectivity index (χ1n) is 8.75. The summed E-state index contributed by atoms with van der Waals surface area (Å²) in [5, 5.41) is 3.95. The highest BCUT2D eigenvalue weighted by Gasteiger charge is 2.19. The topological polar surface area (TPSA) is 65.2 Å². The van der Waals surface area contributed by atoms with Crippen LogP contribution in [0.1, 0.15) is 47.8 Å². The summed E-state index contributed by atoms with van der Waals surface area (Å²) in [6, 6.07) is 5.79. The lowest BCUT2D eigenvalue weighted by Gasteiger charge is -2.17.